The van der Waals surface area contributed by atoms with Gasteiger partial charge in [0.1, 0.15) is 0 Å². The molecule has 0 amide bonds. The summed E-state index contributed by atoms with van der Waals surface area (Å²) in [4.78, 5) is 2.50. The average Bonchev–Trinajstić information content (AvgIpc) is 3.83. The third-order valence-corrected chi connectivity index (χ3v) is 12.7. The highest BCUT2D eigenvalue weighted by molar-refractivity contribution is 7.26. The van der Waals surface area contributed by atoms with Gasteiger partial charge >= 0.3 is 0 Å². The molecule has 1 aliphatic rings. The second-order valence-corrected chi connectivity index (χ2v) is 15.4. The second kappa shape index (κ2) is 10.9. The van der Waals surface area contributed by atoms with Gasteiger partial charge in [-0.05, 0) is 96.4 Å². The Balaban J connectivity index is 1.22. The van der Waals surface area contributed by atoms with Crippen LogP contribution in [0.5, 0.6) is 0 Å². The number of nitrogens with zero attached hydrogens (tertiary/aromatic N) is 2. The largest absolute Gasteiger partial charge is 0.313 e. The molecule has 50 heavy (non-hydrogen) atoms. The van der Waals surface area contributed by atoms with Gasteiger partial charge in [-0.3, -0.25) is 0 Å². The zero-order valence-electron chi connectivity index (χ0n) is 27.1. The molecule has 1 aliphatic carbocycles. The van der Waals surface area contributed by atoms with E-state index in [1.807, 2.05) is 22.7 Å². The molecule has 0 saturated carbocycles. The van der Waals surface area contributed by atoms with Crippen molar-refractivity contribution in [3.63, 3.8) is 0 Å². The van der Waals surface area contributed by atoms with Crippen molar-refractivity contribution < 1.29 is 0 Å². The van der Waals surface area contributed by atoms with Crippen LogP contribution in [0.25, 0.3) is 78.6 Å². The number of hydrogen-bond acceptors (Lipinski definition) is 3. The summed E-state index contributed by atoms with van der Waals surface area (Å²) in [6.07, 6.45) is 8.85. The smallest absolute Gasteiger partial charge is 0.0558 e. The van der Waals surface area contributed by atoms with Crippen LogP contribution in [0.3, 0.4) is 0 Å². The fraction of sp³-hybridized carbons (Fsp3) is 0.0435. The van der Waals surface area contributed by atoms with Crippen LogP contribution < -0.4 is 4.90 Å². The monoisotopic (exact) mass is 674 g/mol. The van der Waals surface area contributed by atoms with Gasteiger partial charge < -0.3 is 9.47 Å². The van der Waals surface area contributed by atoms with Gasteiger partial charge in [-0.15, -0.1) is 22.7 Å². The van der Waals surface area contributed by atoms with Crippen molar-refractivity contribution in [1.82, 2.24) is 4.57 Å². The number of hydrogen-bond donors (Lipinski definition) is 0. The maximum absolute atomic E-state index is 2.50. The van der Waals surface area contributed by atoms with E-state index < -0.39 is 0 Å². The van der Waals surface area contributed by atoms with Gasteiger partial charge in [-0.1, -0.05) is 84.9 Å². The molecule has 2 nitrogen and oxygen atoms in total. The van der Waals surface area contributed by atoms with E-state index in [0.29, 0.717) is 0 Å². The molecule has 7 aromatic carbocycles. The summed E-state index contributed by atoms with van der Waals surface area (Å²) in [6, 6.07) is 52.1. The summed E-state index contributed by atoms with van der Waals surface area (Å²) >= 11 is 3.76. The number of anilines is 3. The summed E-state index contributed by atoms with van der Waals surface area (Å²) < 4.78 is 7.75. The van der Waals surface area contributed by atoms with Crippen molar-refractivity contribution in [3.8, 4) is 0 Å². The number of aromatic nitrogens is 1. The summed E-state index contributed by atoms with van der Waals surface area (Å²) in [7, 11) is 0. The number of fused-ring (bicyclic) bond motifs is 10. The van der Waals surface area contributed by atoms with Crippen LogP contribution in [-0.2, 0) is 0 Å². The van der Waals surface area contributed by atoms with Crippen molar-refractivity contribution in [2.24, 2.45) is 0 Å². The van der Waals surface area contributed by atoms with Crippen molar-refractivity contribution in [2.75, 3.05) is 4.90 Å². The van der Waals surface area contributed by atoms with Crippen molar-refractivity contribution >= 4 is 118 Å². The topological polar surface area (TPSA) is 8.17 Å². The molecule has 4 heteroatoms. The highest BCUT2D eigenvalue weighted by atomic mass is 32.1. The average molecular weight is 675 g/mol. The summed E-state index contributed by atoms with van der Waals surface area (Å²) in [6.45, 7) is 0. The van der Waals surface area contributed by atoms with Crippen LogP contribution >= 0.6 is 22.7 Å². The molecule has 0 aliphatic heterocycles. The van der Waals surface area contributed by atoms with E-state index in [-0.39, 0.29) is 0 Å². The normalized spacial score (nSPS) is 13.5. The second-order valence-electron chi connectivity index (χ2n) is 13.2. The number of benzene rings is 7. The summed E-state index contributed by atoms with van der Waals surface area (Å²) in [5.41, 5.74) is 7.36. The third kappa shape index (κ3) is 4.19. The van der Waals surface area contributed by atoms with Gasteiger partial charge in [0.2, 0.25) is 0 Å². The first-order valence-electron chi connectivity index (χ1n) is 17.2. The zero-order valence-corrected chi connectivity index (χ0v) is 28.8. The van der Waals surface area contributed by atoms with Crippen LogP contribution in [0, 0.1) is 0 Å². The molecule has 10 aromatic rings. The standard InChI is InChI=1S/C46H30N2S2/c1-2-13-31(14-3-1)48-39-17-8-6-15-34(39)35-23-21-33(28-41(35)48)47(40-18-10-20-44-46(40)36-16-7-9-19-42(36)49-44)32-22-24-43-38(27-32)37-25-29-11-4-5-12-30(29)26-45(37)50-43/h1-2,4-13,15-28H,3,14H2. The first-order valence-corrected chi connectivity index (χ1v) is 18.9. The number of thiophene rings is 2. The molecule has 0 N–H and O–H groups in total. The van der Waals surface area contributed by atoms with Gasteiger partial charge in [0.15, 0.2) is 0 Å². The van der Waals surface area contributed by atoms with Gasteiger partial charge in [-0.25, -0.2) is 0 Å². The molecule has 0 atom stereocenters. The fourth-order valence-corrected chi connectivity index (χ4v) is 10.4. The van der Waals surface area contributed by atoms with E-state index in [4.69, 9.17) is 0 Å². The molecule has 0 radical (unpaired) electrons. The Morgan fingerprint density at radius 2 is 1.20 bits per heavy atom. The Labute approximate surface area is 297 Å². The van der Waals surface area contributed by atoms with E-state index in [1.165, 1.54) is 84.3 Å². The summed E-state index contributed by atoms with van der Waals surface area (Å²) in [5.74, 6) is 0. The predicted octanol–water partition coefficient (Wildman–Crippen LogP) is 14.3. The molecule has 236 valence electrons. The molecule has 11 rings (SSSR count). The lowest BCUT2D eigenvalue weighted by molar-refractivity contribution is 0.979. The van der Waals surface area contributed by atoms with Crippen LogP contribution in [-0.4, -0.2) is 4.57 Å². The minimum Gasteiger partial charge on any atom is -0.313 e. The molecule has 3 heterocycles. The van der Waals surface area contributed by atoms with Gasteiger partial charge in [0.25, 0.3) is 0 Å². The Morgan fingerprint density at radius 3 is 2.10 bits per heavy atom. The van der Waals surface area contributed by atoms with E-state index in [2.05, 4.69) is 167 Å². The van der Waals surface area contributed by atoms with E-state index in [9.17, 15) is 0 Å². The Bertz CT molecular complexity index is 3060. The highest BCUT2D eigenvalue weighted by Gasteiger charge is 2.22. The Morgan fingerprint density at radius 1 is 0.500 bits per heavy atom. The van der Waals surface area contributed by atoms with Crippen LogP contribution in [0.4, 0.5) is 17.1 Å². The minimum atomic E-state index is 1.02. The van der Waals surface area contributed by atoms with Crippen LogP contribution in [0.15, 0.2) is 158 Å². The highest BCUT2D eigenvalue weighted by Crippen LogP contribution is 2.48. The van der Waals surface area contributed by atoms with Crippen LogP contribution in [0.2, 0.25) is 0 Å². The third-order valence-electron chi connectivity index (χ3n) is 10.4. The van der Waals surface area contributed by atoms with Crippen molar-refractivity contribution in [3.05, 3.63) is 158 Å². The van der Waals surface area contributed by atoms with Crippen molar-refractivity contribution in [1.29, 1.82) is 0 Å². The Hall–Kier alpha value is -5.68. The fourth-order valence-electron chi connectivity index (χ4n) is 8.14. The molecule has 3 aromatic heterocycles. The van der Waals surface area contributed by atoms with Crippen LogP contribution in [0.1, 0.15) is 12.8 Å². The molecule has 0 spiro atoms. The van der Waals surface area contributed by atoms with Gasteiger partial charge in [-0.2, -0.15) is 0 Å². The molecular formula is C46H30N2S2. The number of rotatable bonds is 4. The molecule has 0 saturated heterocycles. The molecule has 0 unspecified atom stereocenters. The predicted molar refractivity (Wildman–Crippen MR) is 220 cm³/mol. The lowest BCUT2D eigenvalue weighted by atomic mass is 10.0. The maximum Gasteiger partial charge on any atom is 0.0558 e. The lowest BCUT2D eigenvalue weighted by Gasteiger charge is -2.27. The zero-order chi connectivity index (χ0) is 32.8. The van der Waals surface area contributed by atoms with Gasteiger partial charge in [0.05, 0.1) is 16.7 Å². The number of allylic oxidation sites excluding steroid dienone is 4. The Kier molecular flexibility index (Phi) is 6.15. The van der Waals surface area contributed by atoms with E-state index in [0.717, 1.165) is 24.2 Å². The van der Waals surface area contributed by atoms with E-state index in [1.54, 1.807) is 0 Å². The summed E-state index contributed by atoms with van der Waals surface area (Å²) in [5, 5.41) is 10.4. The quantitative estimate of drug-likeness (QED) is 0.180. The SMILES string of the molecule is C1=CCCC(n2c3ccccc3c3ccc(N(c4ccc5sc6cc7ccccc7cc6c5c4)c4cccc5sc6ccccc6c45)cc32)=C1. The van der Waals surface area contributed by atoms with Gasteiger partial charge in [0, 0.05) is 68.2 Å². The lowest BCUT2D eigenvalue weighted by Crippen LogP contribution is -2.10. The first kappa shape index (κ1) is 28.2. The molecule has 0 bridgehead atoms. The van der Waals surface area contributed by atoms with E-state index >= 15 is 0 Å². The first-order chi connectivity index (χ1) is 24.8. The number of para-hydroxylation sites is 1. The molecule has 0 fully saturated rings. The molecular weight excluding hydrogens is 645 g/mol. The van der Waals surface area contributed by atoms with Crippen molar-refractivity contribution in [2.45, 2.75) is 12.8 Å². The maximum atomic E-state index is 2.50. The minimum absolute atomic E-state index is 1.02.